The quantitative estimate of drug-likeness (QED) is 0.638. The maximum atomic E-state index is 14.1. The molecule has 1 aromatic carbocycles. The number of rotatable bonds is 6. The summed E-state index contributed by atoms with van der Waals surface area (Å²) in [6.07, 6.45) is 0.122. The smallest absolute Gasteiger partial charge is 0.342 e. The third kappa shape index (κ3) is 3.66. The van der Waals surface area contributed by atoms with Gasteiger partial charge in [0.2, 0.25) is 0 Å². The van der Waals surface area contributed by atoms with Crippen LogP contribution in [0.25, 0.3) is 0 Å². The molecule has 0 atom stereocenters. The zero-order valence-corrected chi connectivity index (χ0v) is 11.5. The number of nitro benzene ring substituents is 1. The van der Waals surface area contributed by atoms with Gasteiger partial charge in [0, 0.05) is 12.6 Å². The maximum Gasteiger partial charge on any atom is 0.342 e. The Morgan fingerprint density at radius 2 is 2.19 bits per heavy atom. The molecule has 0 fully saturated rings. The normalized spacial score (nSPS) is 10.2. The first-order chi connectivity index (χ1) is 9.79. The van der Waals surface area contributed by atoms with Gasteiger partial charge in [-0.15, -0.1) is 0 Å². The summed E-state index contributed by atoms with van der Waals surface area (Å²) in [5.41, 5.74) is -1.45. The molecular weight excluding hydrogens is 281 g/mol. The molecule has 0 bridgehead atoms. The summed E-state index contributed by atoms with van der Waals surface area (Å²) >= 11 is 0. The van der Waals surface area contributed by atoms with E-state index in [1.54, 1.807) is 13.8 Å². The average molecular weight is 295 g/mol. The van der Waals surface area contributed by atoms with Crippen molar-refractivity contribution in [2.45, 2.75) is 26.3 Å². The number of nitrogens with zero attached hydrogens (tertiary/aromatic N) is 3. The fraction of sp³-hybridized carbons (Fsp3) is 0.385. The first-order valence-corrected chi connectivity index (χ1v) is 6.14. The second-order valence-electron chi connectivity index (χ2n) is 4.58. The highest BCUT2D eigenvalue weighted by molar-refractivity contribution is 5.93. The monoisotopic (exact) mass is 295 g/mol. The van der Waals surface area contributed by atoms with Gasteiger partial charge in [-0.05, 0) is 19.9 Å². The molecule has 0 unspecified atom stereocenters. The van der Waals surface area contributed by atoms with Crippen molar-refractivity contribution in [3.63, 3.8) is 0 Å². The molecule has 1 aromatic rings. The van der Waals surface area contributed by atoms with Crippen LogP contribution in [0.5, 0.6) is 0 Å². The van der Waals surface area contributed by atoms with Crippen LogP contribution in [0.3, 0.4) is 0 Å². The van der Waals surface area contributed by atoms with E-state index < -0.39 is 28.0 Å². The molecule has 0 aliphatic rings. The van der Waals surface area contributed by atoms with E-state index in [4.69, 9.17) is 10.4 Å². The number of hydrogen-bond donors (Lipinski definition) is 1. The Labute approximate surface area is 120 Å². The largest absolute Gasteiger partial charge is 0.477 e. The lowest BCUT2D eigenvalue weighted by Gasteiger charge is -2.28. The number of anilines is 1. The summed E-state index contributed by atoms with van der Waals surface area (Å²) in [4.78, 5) is 22.4. The number of carbonyl (C=O) groups is 1. The van der Waals surface area contributed by atoms with Gasteiger partial charge in [0.1, 0.15) is 5.56 Å². The van der Waals surface area contributed by atoms with Gasteiger partial charge < -0.3 is 10.0 Å². The van der Waals surface area contributed by atoms with Crippen molar-refractivity contribution in [1.29, 1.82) is 5.26 Å². The second-order valence-corrected chi connectivity index (χ2v) is 4.58. The fourth-order valence-corrected chi connectivity index (χ4v) is 1.92. The van der Waals surface area contributed by atoms with Gasteiger partial charge in [-0.3, -0.25) is 10.1 Å². The molecule has 8 heteroatoms. The van der Waals surface area contributed by atoms with Crippen LogP contribution in [0, 0.1) is 27.3 Å². The van der Waals surface area contributed by atoms with Gasteiger partial charge in [-0.1, -0.05) is 0 Å². The van der Waals surface area contributed by atoms with Crippen molar-refractivity contribution in [2.24, 2.45) is 0 Å². The highest BCUT2D eigenvalue weighted by Crippen LogP contribution is 2.30. The summed E-state index contributed by atoms with van der Waals surface area (Å²) in [5, 5.41) is 28.4. The minimum absolute atomic E-state index is 0.0664. The molecule has 0 spiro atoms. The van der Waals surface area contributed by atoms with Crippen molar-refractivity contribution in [3.8, 4) is 6.07 Å². The van der Waals surface area contributed by atoms with E-state index in [9.17, 15) is 19.3 Å². The second kappa shape index (κ2) is 6.65. The average Bonchev–Trinajstić information content (AvgIpc) is 2.39. The molecule has 0 aliphatic heterocycles. The van der Waals surface area contributed by atoms with Crippen LogP contribution in [0.4, 0.5) is 15.8 Å². The Morgan fingerprint density at radius 1 is 1.57 bits per heavy atom. The summed E-state index contributed by atoms with van der Waals surface area (Å²) in [6, 6.07) is 3.26. The van der Waals surface area contributed by atoms with Crippen molar-refractivity contribution in [1.82, 2.24) is 0 Å². The highest BCUT2D eigenvalue weighted by Gasteiger charge is 2.26. The predicted octanol–water partition coefficient (Wildman–Crippen LogP) is 2.56. The lowest BCUT2D eigenvalue weighted by Crippen LogP contribution is -2.32. The number of nitro groups is 1. The molecule has 0 amide bonds. The van der Waals surface area contributed by atoms with Gasteiger partial charge in [-0.25, -0.2) is 9.18 Å². The molecule has 112 valence electrons. The molecule has 0 aromatic heterocycles. The molecule has 0 aliphatic carbocycles. The number of nitriles is 1. The van der Waals surface area contributed by atoms with E-state index in [1.165, 1.54) is 4.90 Å². The minimum Gasteiger partial charge on any atom is -0.477 e. The number of carboxylic acids is 1. The van der Waals surface area contributed by atoms with Crippen LogP contribution in [-0.4, -0.2) is 28.6 Å². The third-order valence-corrected chi connectivity index (χ3v) is 2.89. The van der Waals surface area contributed by atoms with Crippen LogP contribution >= 0.6 is 0 Å². The molecule has 0 saturated carbocycles. The van der Waals surface area contributed by atoms with E-state index in [2.05, 4.69) is 0 Å². The van der Waals surface area contributed by atoms with Crippen molar-refractivity contribution < 1.29 is 19.2 Å². The summed E-state index contributed by atoms with van der Waals surface area (Å²) in [6.45, 7) is 3.69. The molecule has 21 heavy (non-hydrogen) atoms. The van der Waals surface area contributed by atoms with Crippen LogP contribution < -0.4 is 4.90 Å². The van der Waals surface area contributed by atoms with Gasteiger partial charge in [-0.2, -0.15) is 5.26 Å². The lowest BCUT2D eigenvalue weighted by atomic mass is 10.1. The zero-order valence-electron chi connectivity index (χ0n) is 11.5. The molecule has 0 saturated heterocycles. The molecule has 0 radical (unpaired) electrons. The van der Waals surface area contributed by atoms with Gasteiger partial charge in [0.15, 0.2) is 5.82 Å². The number of carboxylic acid groups (broad SMARTS) is 1. The van der Waals surface area contributed by atoms with Crippen LogP contribution in [-0.2, 0) is 0 Å². The number of hydrogen-bond acceptors (Lipinski definition) is 5. The molecule has 1 rings (SSSR count). The van der Waals surface area contributed by atoms with Gasteiger partial charge >= 0.3 is 5.97 Å². The maximum absolute atomic E-state index is 14.1. The van der Waals surface area contributed by atoms with E-state index in [1.807, 2.05) is 6.07 Å². The van der Waals surface area contributed by atoms with Crippen LogP contribution in [0.1, 0.15) is 30.6 Å². The molecule has 0 heterocycles. The number of benzene rings is 1. The van der Waals surface area contributed by atoms with Crippen LogP contribution in [0.2, 0.25) is 0 Å². The lowest BCUT2D eigenvalue weighted by molar-refractivity contribution is -0.385. The fourth-order valence-electron chi connectivity index (χ4n) is 1.92. The Kier molecular flexibility index (Phi) is 5.18. The summed E-state index contributed by atoms with van der Waals surface area (Å²) in [5.74, 6) is -2.40. The van der Waals surface area contributed by atoms with Crippen molar-refractivity contribution >= 4 is 17.3 Å². The van der Waals surface area contributed by atoms with Gasteiger partial charge in [0.25, 0.3) is 5.69 Å². The van der Waals surface area contributed by atoms with Crippen molar-refractivity contribution in [3.05, 3.63) is 33.6 Å². The van der Waals surface area contributed by atoms with Crippen LogP contribution in [0.15, 0.2) is 12.1 Å². The minimum atomic E-state index is -1.51. The van der Waals surface area contributed by atoms with Gasteiger partial charge in [0.05, 0.1) is 29.2 Å². The first kappa shape index (κ1) is 16.4. The first-order valence-electron chi connectivity index (χ1n) is 6.14. The Morgan fingerprint density at radius 3 is 2.62 bits per heavy atom. The summed E-state index contributed by atoms with van der Waals surface area (Å²) < 4.78 is 14.1. The van der Waals surface area contributed by atoms with E-state index >= 15 is 0 Å². The number of halogens is 1. The topological polar surface area (TPSA) is 107 Å². The zero-order chi connectivity index (χ0) is 16.2. The molecule has 7 nitrogen and oxygen atoms in total. The highest BCUT2D eigenvalue weighted by atomic mass is 19.1. The Bertz CT molecular complexity index is 610. The van der Waals surface area contributed by atoms with E-state index in [0.29, 0.717) is 6.07 Å². The SMILES string of the molecule is CC(C)N(CCC#N)c1cc(C(=O)O)c([N+](=O)[O-])cc1F. The molecular formula is C13H14FN3O4. The number of aromatic carboxylic acids is 1. The van der Waals surface area contributed by atoms with Crippen molar-refractivity contribution in [2.75, 3.05) is 11.4 Å². The van der Waals surface area contributed by atoms with E-state index in [-0.39, 0.29) is 24.7 Å². The van der Waals surface area contributed by atoms with E-state index in [0.717, 1.165) is 6.07 Å². The third-order valence-electron chi connectivity index (χ3n) is 2.89. The Hall–Kier alpha value is -2.69. The Balaban J connectivity index is 3.42. The standard InChI is InChI=1S/C13H14FN3O4/c1-8(2)16(5-3-4-15)12-6-9(13(18)19)11(17(20)21)7-10(12)14/h6-8H,3,5H2,1-2H3,(H,18,19). The molecule has 1 N–H and O–H groups in total. The summed E-state index contributed by atoms with van der Waals surface area (Å²) in [7, 11) is 0. The predicted molar refractivity (Wildman–Crippen MR) is 72.7 cm³/mol.